The highest BCUT2D eigenvalue weighted by Gasteiger charge is 2.36. The van der Waals surface area contributed by atoms with Crippen LogP contribution in [-0.2, 0) is 14.8 Å². The van der Waals surface area contributed by atoms with Crippen molar-refractivity contribution in [3.8, 4) is 0 Å². The summed E-state index contributed by atoms with van der Waals surface area (Å²) >= 11 is 12.1. The van der Waals surface area contributed by atoms with Crippen molar-refractivity contribution >= 4 is 39.1 Å². The third-order valence-corrected chi connectivity index (χ3v) is 7.16. The molecule has 1 aromatic carbocycles. The maximum absolute atomic E-state index is 12.8. The van der Waals surface area contributed by atoms with Crippen molar-refractivity contribution in [1.29, 1.82) is 0 Å². The summed E-state index contributed by atoms with van der Waals surface area (Å²) in [6, 6.07) is 4.44. The molecule has 6 nitrogen and oxygen atoms in total. The Morgan fingerprint density at radius 2 is 1.71 bits per heavy atom. The van der Waals surface area contributed by atoms with E-state index in [9.17, 15) is 13.2 Å². The molecule has 24 heavy (non-hydrogen) atoms. The number of nitrogens with one attached hydrogen (secondary N) is 1. The SMILES string of the molecule is C[C@@H](C(=O)N(C)C)[NH+]1CCN(S(=O)(=O)c2c(Cl)cccc2Cl)CC1. The second-order valence-electron chi connectivity index (χ2n) is 6.07. The van der Waals surface area contributed by atoms with Crippen LogP contribution in [0.4, 0.5) is 0 Å². The Labute approximate surface area is 153 Å². The smallest absolute Gasteiger partial charge is 0.280 e. The van der Waals surface area contributed by atoms with Crippen LogP contribution in [0.25, 0.3) is 0 Å². The Hall–Kier alpha value is -0.860. The molecule has 0 bridgehead atoms. The number of quaternary nitrogens is 1. The average molecular weight is 395 g/mol. The van der Waals surface area contributed by atoms with Crippen molar-refractivity contribution in [2.24, 2.45) is 0 Å². The number of hydrogen-bond donors (Lipinski definition) is 1. The van der Waals surface area contributed by atoms with Crippen molar-refractivity contribution in [3.05, 3.63) is 28.2 Å². The van der Waals surface area contributed by atoms with Crippen LogP contribution in [-0.4, -0.2) is 69.8 Å². The first-order chi connectivity index (χ1) is 11.2. The van der Waals surface area contributed by atoms with Crippen LogP contribution in [0.15, 0.2) is 23.1 Å². The summed E-state index contributed by atoms with van der Waals surface area (Å²) in [5.41, 5.74) is 0. The molecule has 0 radical (unpaired) electrons. The number of nitrogens with zero attached hydrogens (tertiary/aromatic N) is 2. The molecule has 1 aliphatic heterocycles. The quantitative estimate of drug-likeness (QED) is 0.801. The van der Waals surface area contributed by atoms with Gasteiger partial charge in [-0.3, -0.25) is 4.79 Å². The van der Waals surface area contributed by atoms with Crippen molar-refractivity contribution in [3.63, 3.8) is 0 Å². The molecule has 1 aliphatic rings. The van der Waals surface area contributed by atoms with E-state index in [-0.39, 0.29) is 26.9 Å². The first-order valence-corrected chi connectivity index (χ1v) is 9.85. The largest absolute Gasteiger partial charge is 0.344 e. The van der Waals surface area contributed by atoms with E-state index < -0.39 is 10.0 Å². The van der Waals surface area contributed by atoms with Gasteiger partial charge in [-0.1, -0.05) is 29.3 Å². The van der Waals surface area contributed by atoms with Gasteiger partial charge in [0.05, 0.1) is 36.2 Å². The number of halogens is 2. The summed E-state index contributed by atoms with van der Waals surface area (Å²) < 4.78 is 27.0. The fourth-order valence-electron chi connectivity index (χ4n) is 2.87. The number of likely N-dealkylation sites (N-methyl/N-ethyl adjacent to an activating group) is 1. The van der Waals surface area contributed by atoms with Gasteiger partial charge >= 0.3 is 0 Å². The molecule has 9 heteroatoms. The number of carbonyl (C=O) groups is 1. The van der Waals surface area contributed by atoms with E-state index in [0.717, 1.165) is 4.90 Å². The van der Waals surface area contributed by atoms with Gasteiger partial charge < -0.3 is 9.80 Å². The fourth-order valence-corrected chi connectivity index (χ4v) is 5.40. The highest BCUT2D eigenvalue weighted by Crippen LogP contribution is 2.31. The van der Waals surface area contributed by atoms with Gasteiger partial charge in [-0.05, 0) is 19.1 Å². The molecular formula is C15H22Cl2N3O3S+. The first-order valence-electron chi connectivity index (χ1n) is 7.66. The third kappa shape index (κ3) is 3.86. The van der Waals surface area contributed by atoms with Gasteiger partial charge in [0.1, 0.15) is 4.90 Å². The minimum absolute atomic E-state index is 0.0375. The fraction of sp³-hybridized carbons (Fsp3) is 0.533. The van der Waals surface area contributed by atoms with Crippen LogP contribution in [0.2, 0.25) is 10.0 Å². The van der Waals surface area contributed by atoms with Crippen LogP contribution >= 0.6 is 23.2 Å². The molecule has 1 N–H and O–H groups in total. The Morgan fingerprint density at radius 1 is 1.21 bits per heavy atom. The minimum Gasteiger partial charge on any atom is -0.344 e. The van der Waals surface area contributed by atoms with E-state index in [1.54, 1.807) is 25.1 Å². The van der Waals surface area contributed by atoms with Crippen LogP contribution in [0.5, 0.6) is 0 Å². The molecule has 0 saturated carbocycles. The molecule has 2 rings (SSSR count). The third-order valence-electron chi connectivity index (χ3n) is 4.31. The van der Waals surface area contributed by atoms with Gasteiger partial charge in [0.2, 0.25) is 10.0 Å². The average Bonchev–Trinajstić information content (AvgIpc) is 2.53. The zero-order valence-corrected chi connectivity index (χ0v) is 16.2. The lowest BCUT2D eigenvalue weighted by molar-refractivity contribution is -0.917. The number of benzene rings is 1. The van der Waals surface area contributed by atoms with E-state index in [0.29, 0.717) is 26.2 Å². The van der Waals surface area contributed by atoms with Gasteiger partial charge in [-0.15, -0.1) is 0 Å². The second-order valence-corrected chi connectivity index (χ2v) is 8.76. The number of amides is 1. The summed E-state index contributed by atoms with van der Waals surface area (Å²) in [4.78, 5) is 14.7. The summed E-state index contributed by atoms with van der Waals surface area (Å²) in [6.45, 7) is 3.63. The zero-order valence-electron chi connectivity index (χ0n) is 13.9. The summed E-state index contributed by atoms with van der Waals surface area (Å²) in [5.74, 6) is 0.0375. The molecular weight excluding hydrogens is 373 g/mol. The van der Waals surface area contributed by atoms with E-state index in [1.807, 2.05) is 6.92 Å². The monoisotopic (exact) mass is 394 g/mol. The minimum atomic E-state index is -3.75. The van der Waals surface area contributed by atoms with Crippen molar-refractivity contribution in [2.45, 2.75) is 17.9 Å². The van der Waals surface area contributed by atoms with Crippen molar-refractivity contribution in [1.82, 2.24) is 9.21 Å². The Balaban J connectivity index is 2.13. The topological polar surface area (TPSA) is 62.1 Å². The van der Waals surface area contributed by atoms with Crippen LogP contribution in [0.1, 0.15) is 6.92 Å². The van der Waals surface area contributed by atoms with Crippen LogP contribution in [0, 0.1) is 0 Å². The standard InChI is InChI=1S/C15H21Cl2N3O3S/c1-11(15(21)18(2)3)19-7-9-20(10-8-19)24(22,23)14-12(16)5-4-6-13(14)17/h4-6,11H,7-10H2,1-3H3/p+1/t11-/m0/s1. The molecule has 134 valence electrons. The Bertz CT molecular complexity index is 696. The first kappa shape index (κ1) is 19.5. The number of sulfonamides is 1. The zero-order chi connectivity index (χ0) is 18.1. The lowest BCUT2D eigenvalue weighted by atomic mass is 10.2. The maximum Gasteiger partial charge on any atom is 0.280 e. The molecule has 1 heterocycles. The van der Waals surface area contributed by atoms with Crippen molar-refractivity contribution in [2.75, 3.05) is 40.3 Å². The van der Waals surface area contributed by atoms with E-state index in [2.05, 4.69) is 0 Å². The molecule has 0 unspecified atom stereocenters. The lowest BCUT2D eigenvalue weighted by Gasteiger charge is -2.35. The molecule has 0 aromatic heterocycles. The second kappa shape index (κ2) is 7.58. The van der Waals surface area contributed by atoms with Gasteiger partial charge in [0, 0.05) is 14.1 Å². The molecule has 1 atom stereocenters. The molecule has 1 fully saturated rings. The number of carbonyl (C=O) groups excluding carboxylic acids is 1. The molecule has 0 spiro atoms. The van der Waals surface area contributed by atoms with Crippen LogP contribution < -0.4 is 4.90 Å². The molecule has 1 saturated heterocycles. The normalized spacial score (nSPS) is 18.4. The van der Waals surface area contributed by atoms with E-state index >= 15 is 0 Å². The van der Waals surface area contributed by atoms with Crippen molar-refractivity contribution < 1.29 is 18.1 Å². The van der Waals surface area contributed by atoms with Gasteiger partial charge in [-0.2, -0.15) is 4.31 Å². The van der Waals surface area contributed by atoms with Gasteiger partial charge in [0.25, 0.3) is 5.91 Å². The predicted molar refractivity (Wildman–Crippen MR) is 94.1 cm³/mol. The highest BCUT2D eigenvalue weighted by molar-refractivity contribution is 7.89. The van der Waals surface area contributed by atoms with Gasteiger partial charge in [-0.25, -0.2) is 8.42 Å². The Kier molecular flexibility index (Phi) is 6.14. The number of piperazine rings is 1. The predicted octanol–water partition coefficient (Wildman–Crippen LogP) is 0.359. The summed E-state index contributed by atoms with van der Waals surface area (Å²) in [6.07, 6.45) is 0. The molecule has 1 aromatic rings. The Morgan fingerprint density at radius 3 is 2.17 bits per heavy atom. The van der Waals surface area contributed by atoms with Crippen LogP contribution in [0.3, 0.4) is 0 Å². The van der Waals surface area contributed by atoms with Gasteiger partial charge in [0.15, 0.2) is 6.04 Å². The van der Waals surface area contributed by atoms with E-state index in [1.165, 1.54) is 16.4 Å². The summed E-state index contributed by atoms with van der Waals surface area (Å²) in [5, 5.41) is 0.238. The van der Waals surface area contributed by atoms with E-state index in [4.69, 9.17) is 23.2 Å². The number of hydrogen-bond acceptors (Lipinski definition) is 3. The lowest BCUT2D eigenvalue weighted by Crippen LogP contribution is -3.19. The maximum atomic E-state index is 12.8. The number of rotatable bonds is 4. The highest BCUT2D eigenvalue weighted by atomic mass is 35.5. The summed E-state index contributed by atoms with van der Waals surface area (Å²) in [7, 11) is -0.307. The molecule has 1 amide bonds. The molecule has 0 aliphatic carbocycles.